The quantitative estimate of drug-likeness (QED) is 0.779. The highest BCUT2D eigenvalue weighted by molar-refractivity contribution is 5.92. The number of carbonyl (C=O) groups is 1. The number of hydrogen-bond acceptors (Lipinski definition) is 5. The van der Waals surface area contributed by atoms with E-state index in [4.69, 9.17) is 0 Å². The number of anilines is 1. The van der Waals surface area contributed by atoms with Crippen LogP contribution in [0.2, 0.25) is 0 Å². The SMILES string of the molecule is CNc1cncc(C(=O)NCCCn2nc(C)cc2C)n1. The molecule has 21 heavy (non-hydrogen) atoms. The van der Waals surface area contributed by atoms with Gasteiger partial charge in [-0.2, -0.15) is 5.10 Å². The first-order chi connectivity index (χ1) is 10.1. The Morgan fingerprint density at radius 1 is 1.33 bits per heavy atom. The van der Waals surface area contributed by atoms with Crippen molar-refractivity contribution in [1.82, 2.24) is 25.1 Å². The normalized spacial score (nSPS) is 10.4. The zero-order valence-electron chi connectivity index (χ0n) is 12.6. The van der Waals surface area contributed by atoms with Crippen molar-refractivity contribution in [2.45, 2.75) is 26.8 Å². The average molecular weight is 288 g/mol. The molecule has 1 amide bonds. The third kappa shape index (κ3) is 4.01. The minimum absolute atomic E-state index is 0.215. The predicted molar refractivity (Wildman–Crippen MR) is 80.2 cm³/mol. The molecule has 2 aromatic rings. The van der Waals surface area contributed by atoms with Crippen LogP contribution in [-0.4, -0.2) is 39.2 Å². The summed E-state index contributed by atoms with van der Waals surface area (Å²) in [5.74, 6) is 0.359. The maximum Gasteiger partial charge on any atom is 0.271 e. The molecule has 2 rings (SSSR count). The van der Waals surface area contributed by atoms with Gasteiger partial charge in [0.05, 0.1) is 18.1 Å². The van der Waals surface area contributed by atoms with Crippen molar-refractivity contribution in [3.63, 3.8) is 0 Å². The van der Waals surface area contributed by atoms with Gasteiger partial charge in [0.25, 0.3) is 5.91 Å². The van der Waals surface area contributed by atoms with E-state index >= 15 is 0 Å². The lowest BCUT2D eigenvalue weighted by molar-refractivity contribution is 0.0947. The van der Waals surface area contributed by atoms with Crippen molar-refractivity contribution < 1.29 is 4.79 Å². The Hall–Kier alpha value is -2.44. The summed E-state index contributed by atoms with van der Waals surface area (Å²) >= 11 is 0. The lowest BCUT2D eigenvalue weighted by Gasteiger charge is -2.07. The van der Waals surface area contributed by atoms with E-state index in [0.717, 1.165) is 24.4 Å². The van der Waals surface area contributed by atoms with E-state index < -0.39 is 0 Å². The van der Waals surface area contributed by atoms with Crippen LogP contribution in [0.25, 0.3) is 0 Å². The monoisotopic (exact) mass is 288 g/mol. The van der Waals surface area contributed by atoms with Gasteiger partial charge in [-0.15, -0.1) is 0 Å². The van der Waals surface area contributed by atoms with E-state index in [1.807, 2.05) is 24.6 Å². The van der Waals surface area contributed by atoms with Crippen LogP contribution >= 0.6 is 0 Å². The Kier molecular flexibility index (Phi) is 4.86. The molecule has 0 aliphatic carbocycles. The Balaban J connectivity index is 1.80. The van der Waals surface area contributed by atoms with Crippen molar-refractivity contribution in [1.29, 1.82) is 0 Å². The highest BCUT2D eigenvalue weighted by atomic mass is 16.1. The molecule has 7 nitrogen and oxygen atoms in total. The maximum absolute atomic E-state index is 11.9. The summed E-state index contributed by atoms with van der Waals surface area (Å²) in [5, 5.41) is 10.1. The van der Waals surface area contributed by atoms with Crippen LogP contribution in [-0.2, 0) is 6.54 Å². The molecule has 7 heteroatoms. The summed E-state index contributed by atoms with van der Waals surface area (Å²) in [6.45, 7) is 5.35. The molecule has 0 aliphatic rings. The fourth-order valence-electron chi connectivity index (χ4n) is 2.02. The van der Waals surface area contributed by atoms with Gasteiger partial charge in [0, 0.05) is 25.8 Å². The second kappa shape index (κ2) is 6.83. The molecular formula is C14H20N6O. The molecule has 2 N–H and O–H groups in total. The number of nitrogens with zero attached hydrogens (tertiary/aromatic N) is 4. The van der Waals surface area contributed by atoms with E-state index in [1.165, 1.54) is 6.20 Å². The Bertz CT molecular complexity index is 622. The number of amides is 1. The van der Waals surface area contributed by atoms with Crippen LogP contribution in [0.15, 0.2) is 18.5 Å². The fourth-order valence-corrected chi connectivity index (χ4v) is 2.02. The van der Waals surface area contributed by atoms with Crippen molar-refractivity contribution in [2.24, 2.45) is 0 Å². The molecule has 0 aliphatic heterocycles. The lowest BCUT2D eigenvalue weighted by atomic mass is 10.3. The lowest BCUT2D eigenvalue weighted by Crippen LogP contribution is -2.26. The van der Waals surface area contributed by atoms with E-state index in [0.29, 0.717) is 18.1 Å². The third-order valence-corrected chi connectivity index (χ3v) is 3.06. The summed E-state index contributed by atoms with van der Waals surface area (Å²) in [5.41, 5.74) is 2.45. The molecule has 0 saturated carbocycles. The average Bonchev–Trinajstić information content (AvgIpc) is 2.81. The largest absolute Gasteiger partial charge is 0.372 e. The van der Waals surface area contributed by atoms with E-state index in [1.54, 1.807) is 13.2 Å². The van der Waals surface area contributed by atoms with Crippen LogP contribution < -0.4 is 10.6 Å². The zero-order chi connectivity index (χ0) is 15.2. The van der Waals surface area contributed by atoms with Crippen molar-refractivity contribution in [3.05, 3.63) is 35.5 Å². The summed E-state index contributed by atoms with van der Waals surface area (Å²) in [6, 6.07) is 2.04. The molecule has 0 aromatic carbocycles. The highest BCUT2D eigenvalue weighted by Gasteiger charge is 2.08. The molecule has 0 atom stereocenters. The third-order valence-electron chi connectivity index (χ3n) is 3.06. The van der Waals surface area contributed by atoms with E-state index in [9.17, 15) is 4.79 Å². The Morgan fingerprint density at radius 3 is 2.81 bits per heavy atom. The molecule has 2 heterocycles. The number of carbonyl (C=O) groups excluding carboxylic acids is 1. The van der Waals surface area contributed by atoms with Gasteiger partial charge in [-0.05, 0) is 26.3 Å². The second-order valence-corrected chi connectivity index (χ2v) is 4.80. The highest BCUT2D eigenvalue weighted by Crippen LogP contribution is 2.03. The van der Waals surface area contributed by atoms with Gasteiger partial charge in [0.1, 0.15) is 11.5 Å². The van der Waals surface area contributed by atoms with Crippen molar-refractivity contribution in [3.8, 4) is 0 Å². The van der Waals surface area contributed by atoms with Crippen molar-refractivity contribution in [2.75, 3.05) is 18.9 Å². The molecule has 2 aromatic heterocycles. The van der Waals surface area contributed by atoms with Crippen LogP contribution in [0.4, 0.5) is 5.82 Å². The molecule has 0 spiro atoms. The van der Waals surface area contributed by atoms with Gasteiger partial charge < -0.3 is 10.6 Å². The predicted octanol–water partition coefficient (Wildman–Crippen LogP) is 1.15. The molecule has 0 unspecified atom stereocenters. The maximum atomic E-state index is 11.9. The first-order valence-corrected chi connectivity index (χ1v) is 6.89. The van der Waals surface area contributed by atoms with Gasteiger partial charge in [0.2, 0.25) is 0 Å². The fraction of sp³-hybridized carbons (Fsp3) is 0.429. The molecule has 0 radical (unpaired) electrons. The number of hydrogen-bond donors (Lipinski definition) is 2. The van der Waals surface area contributed by atoms with E-state index in [2.05, 4.69) is 25.7 Å². The van der Waals surface area contributed by atoms with Gasteiger partial charge in [-0.25, -0.2) is 4.98 Å². The second-order valence-electron chi connectivity index (χ2n) is 4.80. The topological polar surface area (TPSA) is 84.7 Å². The first-order valence-electron chi connectivity index (χ1n) is 6.89. The molecule has 0 saturated heterocycles. The van der Waals surface area contributed by atoms with E-state index in [-0.39, 0.29) is 5.91 Å². The Labute approximate surface area is 123 Å². The minimum Gasteiger partial charge on any atom is -0.372 e. The Morgan fingerprint density at radius 2 is 2.14 bits per heavy atom. The van der Waals surface area contributed by atoms with Crippen LogP contribution in [0, 0.1) is 13.8 Å². The number of nitrogens with one attached hydrogen (secondary N) is 2. The van der Waals surface area contributed by atoms with Crippen LogP contribution in [0.5, 0.6) is 0 Å². The number of aromatic nitrogens is 4. The first kappa shape index (κ1) is 15.0. The number of aryl methyl sites for hydroxylation is 3. The standard InChI is InChI=1S/C14H20N6O/c1-10-7-11(2)20(19-10)6-4-5-17-14(21)12-8-16-9-13(15-3)18-12/h7-9H,4-6H2,1-3H3,(H,15,18)(H,17,21). The van der Waals surface area contributed by atoms with Gasteiger partial charge in [-0.3, -0.25) is 14.5 Å². The zero-order valence-corrected chi connectivity index (χ0v) is 12.6. The summed E-state index contributed by atoms with van der Waals surface area (Å²) in [6.07, 6.45) is 3.84. The van der Waals surface area contributed by atoms with Crippen LogP contribution in [0.1, 0.15) is 28.3 Å². The smallest absolute Gasteiger partial charge is 0.271 e. The van der Waals surface area contributed by atoms with Crippen LogP contribution in [0.3, 0.4) is 0 Å². The molecule has 0 fully saturated rings. The summed E-state index contributed by atoms with van der Waals surface area (Å²) in [4.78, 5) is 20.0. The van der Waals surface area contributed by atoms with Gasteiger partial charge in [-0.1, -0.05) is 0 Å². The molecule has 0 bridgehead atoms. The van der Waals surface area contributed by atoms with Crippen molar-refractivity contribution >= 4 is 11.7 Å². The number of rotatable bonds is 6. The van der Waals surface area contributed by atoms with Gasteiger partial charge in [0.15, 0.2) is 0 Å². The van der Waals surface area contributed by atoms with Gasteiger partial charge >= 0.3 is 0 Å². The molecular weight excluding hydrogens is 268 g/mol. The molecule has 112 valence electrons. The summed E-state index contributed by atoms with van der Waals surface area (Å²) < 4.78 is 1.95. The summed E-state index contributed by atoms with van der Waals surface area (Å²) in [7, 11) is 1.74. The minimum atomic E-state index is -0.215.